The molecule has 2 aromatic heterocycles. The Morgan fingerprint density at radius 2 is 1.76 bits per heavy atom. The summed E-state index contributed by atoms with van der Waals surface area (Å²) in [5, 5.41) is 11.0. The van der Waals surface area contributed by atoms with E-state index >= 15 is 0 Å². The lowest BCUT2D eigenvalue weighted by molar-refractivity contribution is -0.139. The van der Waals surface area contributed by atoms with Gasteiger partial charge in [0, 0.05) is 36.8 Å². The summed E-state index contributed by atoms with van der Waals surface area (Å²) in [7, 11) is 4.31. The monoisotopic (exact) mass is 501 g/mol. The number of methoxy groups -OCH3 is 2. The van der Waals surface area contributed by atoms with Crippen molar-refractivity contribution in [3.63, 3.8) is 0 Å². The number of rotatable bonds is 7. The van der Waals surface area contributed by atoms with Gasteiger partial charge in [-0.2, -0.15) is 9.78 Å². The Bertz CT molecular complexity index is 1440. The Morgan fingerprint density at radius 1 is 0.973 bits per heavy atom. The van der Waals surface area contributed by atoms with Gasteiger partial charge in [-0.3, -0.25) is 0 Å². The van der Waals surface area contributed by atoms with Crippen LogP contribution in [0.3, 0.4) is 0 Å². The molecule has 1 aliphatic rings. The molecule has 0 radical (unpaired) electrons. The quantitative estimate of drug-likeness (QED) is 0.465. The second kappa shape index (κ2) is 10.8. The third-order valence-electron chi connectivity index (χ3n) is 5.61. The van der Waals surface area contributed by atoms with E-state index in [9.17, 15) is 9.59 Å². The van der Waals surface area contributed by atoms with E-state index in [1.54, 1.807) is 41.0 Å². The SMILES string of the molecule is CNc1cc(-n2nc(C)cc2Nc2cc(N3C=CC=CC(C(=O)OC)=C3C(=O)OC)ccc2C)ncn1. The highest BCUT2D eigenvalue weighted by Crippen LogP contribution is 2.32. The molecule has 4 rings (SSSR count). The van der Waals surface area contributed by atoms with Crippen molar-refractivity contribution in [2.75, 3.05) is 36.8 Å². The van der Waals surface area contributed by atoms with Crippen LogP contribution in [0.4, 0.5) is 23.0 Å². The predicted octanol–water partition coefficient (Wildman–Crippen LogP) is 3.55. The number of ether oxygens (including phenoxy) is 2. The summed E-state index contributed by atoms with van der Waals surface area (Å²) in [4.78, 5) is 35.4. The zero-order valence-corrected chi connectivity index (χ0v) is 21.1. The summed E-state index contributed by atoms with van der Waals surface area (Å²) in [5.41, 5.74) is 3.23. The number of hydrogen-bond donors (Lipinski definition) is 2. The first kappa shape index (κ1) is 25.2. The van der Waals surface area contributed by atoms with Crippen LogP contribution in [0.25, 0.3) is 5.82 Å². The van der Waals surface area contributed by atoms with Crippen molar-refractivity contribution in [1.29, 1.82) is 0 Å². The average molecular weight is 502 g/mol. The van der Waals surface area contributed by atoms with Crippen LogP contribution in [0, 0.1) is 13.8 Å². The van der Waals surface area contributed by atoms with E-state index in [-0.39, 0.29) is 11.3 Å². The van der Waals surface area contributed by atoms with Gasteiger partial charge in [-0.15, -0.1) is 0 Å². The maximum Gasteiger partial charge on any atom is 0.355 e. The number of anilines is 4. The molecule has 190 valence electrons. The van der Waals surface area contributed by atoms with Crippen LogP contribution in [-0.2, 0) is 19.1 Å². The summed E-state index contributed by atoms with van der Waals surface area (Å²) < 4.78 is 11.6. The summed E-state index contributed by atoms with van der Waals surface area (Å²) in [6.07, 6.45) is 8.04. The zero-order chi connectivity index (χ0) is 26.5. The van der Waals surface area contributed by atoms with Gasteiger partial charge in [0.25, 0.3) is 0 Å². The summed E-state index contributed by atoms with van der Waals surface area (Å²) in [5.74, 6) is 0.604. The van der Waals surface area contributed by atoms with Crippen LogP contribution >= 0.6 is 0 Å². The van der Waals surface area contributed by atoms with Crippen molar-refractivity contribution in [3.8, 4) is 5.82 Å². The van der Waals surface area contributed by atoms with Gasteiger partial charge in [0.1, 0.15) is 23.7 Å². The van der Waals surface area contributed by atoms with E-state index < -0.39 is 11.9 Å². The lowest BCUT2D eigenvalue weighted by atomic mass is 10.1. The summed E-state index contributed by atoms with van der Waals surface area (Å²) in [6.45, 7) is 3.85. The largest absolute Gasteiger partial charge is 0.465 e. The van der Waals surface area contributed by atoms with Gasteiger partial charge in [-0.25, -0.2) is 19.6 Å². The highest BCUT2D eigenvalue weighted by molar-refractivity contribution is 6.05. The normalized spacial score (nSPS) is 12.8. The zero-order valence-electron chi connectivity index (χ0n) is 21.1. The van der Waals surface area contributed by atoms with E-state index in [0.29, 0.717) is 23.1 Å². The molecular weight excluding hydrogens is 474 g/mol. The molecule has 1 aromatic carbocycles. The fraction of sp³-hybridized carbons (Fsp3) is 0.192. The van der Waals surface area contributed by atoms with Crippen molar-refractivity contribution < 1.29 is 19.1 Å². The lowest BCUT2D eigenvalue weighted by Gasteiger charge is -2.24. The van der Waals surface area contributed by atoms with Gasteiger partial charge in [0.05, 0.1) is 25.5 Å². The molecule has 2 N–H and O–H groups in total. The average Bonchev–Trinajstić information content (AvgIpc) is 3.14. The second-order valence-electron chi connectivity index (χ2n) is 8.03. The van der Waals surface area contributed by atoms with Crippen molar-refractivity contribution in [2.24, 2.45) is 0 Å². The molecule has 37 heavy (non-hydrogen) atoms. The van der Waals surface area contributed by atoms with Gasteiger partial charge < -0.3 is 25.0 Å². The molecule has 0 saturated carbocycles. The Balaban J connectivity index is 1.77. The lowest BCUT2D eigenvalue weighted by Crippen LogP contribution is -2.27. The smallest absolute Gasteiger partial charge is 0.355 e. The molecule has 3 aromatic rings. The van der Waals surface area contributed by atoms with Crippen molar-refractivity contribution in [3.05, 3.63) is 83.6 Å². The Kier molecular flexibility index (Phi) is 7.33. The van der Waals surface area contributed by atoms with Crippen molar-refractivity contribution in [2.45, 2.75) is 13.8 Å². The number of nitrogens with zero attached hydrogens (tertiary/aromatic N) is 5. The van der Waals surface area contributed by atoms with Gasteiger partial charge >= 0.3 is 11.9 Å². The number of nitrogens with one attached hydrogen (secondary N) is 2. The highest BCUT2D eigenvalue weighted by Gasteiger charge is 2.27. The summed E-state index contributed by atoms with van der Waals surface area (Å²) >= 11 is 0. The first-order valence-corrected chi connectivity index (χ1v) is 11.4. The van der Waals surface area contributed by atoms with Gasteiger partial charge in [0.15, 0.2) is 5.82 Å². The van der Waals surface area contributed by atoms with Crippen molar-refractivity contribution in [1.82, 2.24) is 19.7 Å². The maximum atomic E-state index is 12.8. The molecule has 0 bridgehead atoms. The van der Waals surface area contributed by atoms with E-state index in [1.165, 1.54) is 26.6 Å². The number of hydrogen-bond acceptors (Lipinski definition) is 10. The minimum absolute atomic E-state index is 0.0376. The first-order chi connectivity index (χ1) is 17.9. The number of benzene rings is 1. The van der Waals surface area contributed by atoms with Crippen LogP contribution in [0.5, 0.6) is 0 Å². The first-order valence-electron chi connectivity index (χ1n) is 11.4. The maximum absolute atomic E-state index is 12.8. The molecule has 1 aliphatic heterocycles. The van der Waals surface area contributed by atoms with Crippen LogP contribution < -0.4 is 15.5 Å². The van der Waals surface area contributed by atoms with E-state index in [4.69, 9.17) is 9.47 Å². The highest BCUT2D eigenvalue weighted by atomic mass is 16.5. The molecule has 0 aliphatic carbocycles. The number of aryl methyl sites for hydroxylation is 2. The molecule has 0 amide bonds. The Hall–Kier alpha value is -4.93. The molecule has 0 unspecified atom stereocenters. The number of aromatic nitrogens is 4. The minimum atomic E-state index is -0.676. The minimum Gasteiger partial charge on any atom is -0.465 e. The van der Waals surface area contributed by atoms with E-state index in [0.717, 1.165) is 16.9 Å². The molecular formula is C26H27N7O4. The van der Waals surface area contributed by atoms with E-state index in [1.807, 2.05) is 38.1 Å². The third-order valence-corrected chi connectivity index (χ3v) is 5.61. The predicted molar refractivity (Wildman–Crippen MR) is 140 cm³/mol. The van der Waals surface area contributed by atoms with Gasteiger partial charge in [0.2, 0.25) is 0 Å². The fourth-order valence-corrected chi connectivity index (χ4v) is 3.76. The molecule has 0 saturated heterocycles. The summed E-state index contributed by atoms with van der Waals surface area (Å²) in [6, 6.07) is 9.32. The van der Waals surface area contributed by atoms with Crippen LogP contribution in [-0.4, -0.2) is 53.0 Å². The molecule has 0 atom stereocenters. The topological polar surface area (TPSA) is 124 Å². The van der Waals surface area contributed by atoms with Crippen molar-refractivity contribution >= 4 is 34.9 Å². The third kappa shape index (κ3) is 5.20. The Morgan fingerprint density at radius 3 is 2.49 bits per heavy atom. The molecule has 11 nitrogen and oxygen atoms in total. The standard InChI is InChI=1S/C26H27N7O4/c1-16-9-10-18(32-11-7-6-8-19(25(34)36-4)24(32)26(35)37-5)13-20(16)30-23-12-17(2)31-33(23)22-14-21(27-3)28-15-29-22/h6-15,30H,1-5H3,(H,27,28,29). The number of carbonyl (C=O) groups excluding carboxylic acids is 2. The fourth-order valence-electron chi connectivity index (χ4n) is 3.76. The number of esters is 2. The Labute approximate surface area is 214 Å². The molecule has 0 fully saturated rings. The number of carbonyl (C=O) groups is 2. The van der Waals surface area contributed by atoms with E-state index in [2.05, 4.69) is 25.7 Å². The van der Waals surface area contributed by atoms with Crippen LogP contribution in [0.2, 0.25) is 0 Å². The molecule has 11 heteroatoms. The molecule has 3 heterocycles. The van der Waals surface area contributed by atoms with Crippen LogP contribution in [0.1, 0.15) is 11.3 Å². The number of allylic oxidation sites excluding steroid dienone is 2. The van der Waals surface area contributed by atoms with Crippen LogP contribution in [0.15, 0.2) is 72.4 Å². The van der Waals surface area contributed by atoms with Gasteiger partial charge in [-0.1, -0.05) is 12.1 Å². The second-order valence-corrected chi connectivity index (χ2v) is 8.03. The molecule has 0 spiro atoms. The van der Waals surface area contributed by atoms with Gasteiger partial charge in [-0.05, 0) is 43.7 Å².